The minimum absolute atomic E-state index is 0.0311. The van der Waals surface area contributed by atoms with Crippen molar-refractivity contribution in [3.8, 4) is 0 Å². The van der Waals surface area contributed by atoms with Crippen molar-refractivity contribution in [3.63, 3.8) is 0 Å². The molecule has 0 spiro atoms. The van der Waals surface area contributed by atoms with Crippen LogP contribution in [-0.4, -0.2) is 27.1 Å². The molecule has 18 heavy (non-hydrogen) atoms. The first kappa shape index (κ1) is 12.0. The van der Waals surface area contributed by atoms with E-state index in [1.54, 1.807) is 18.2 Å². The molecule has 2 rings (SSSR count). The molecule has 92 valence electrons. The quantitative estimate of drug-likeness (QED) is 0.844. The van der Waals surface area contributed by atoms with Crippen LogP contribution in [0.2, 0.25) is 0 Å². The maximum absolute atomic E-state index is 11.5. The summed E-state index contributed by atoms with van der Waals surface area (Å²) in [4.78, 5) is 26.4. The number of aromatic carboxylic acids is 1. The fourth-order valence-corrected chi connectivity index (χ4v) is 1.89. The smallest absolute Gasteiger partial charge is 0.335 e. The number of carboxylic acids is 2. The summed E-state index contributed by atoms with van der Waals surface area (Å²) in [6, 6.07) is 2.64. The number of rotatable bonds is 3. The second kappa shape index (κ2) is 4.44. The number of nitrogens with zero attached hydrogens (tertiary/aromatic N) is 1. The third-order valence-corrected chi connectivity index (χ3v) is 2.91. The van der Waals surface area contributed by atoms with Crippen LogP contribution in [0.4, 0.5) is 0 Å². The predicted octanol–water partition coefficient (Wildman–Crippen LogP) is 1.62. The first-order valence-corrected chi connectivity index (χ1v) is 5.34. The Morgan fingerprint density at radius 1 is 1.28 bits per heavy atom. The molecule has 1 aromatic rings. The Morgan fingerprint density at radius 2 is 2.06 bits per heavy atom. The zero-order valence-corrected chi connectivity index (χ0v) is 9.41. The lowest BCUT2D eigenvalue weighted by atomic mass is 9.78. The van der Waals surface area contributed by atoms with Crippen LogP contribution in [-0.2, 0) is 10.2 Å². The molecule has 5 nitrogen and oxygen atoms in total. The van der Waals surface area contributed by atoms with Gasteiger partial charge >= 0.3 is 11.9 Å². The van der Waals surface area contributed by atoms with Gasteiger partial charge in [-0.15, -0.1) is 0 Å². The van der Waals surface area contributed by atoms with Gasteiger partial charge in [-0.05, 0) is 18.6 Å². The highest BCUT2D eigenvalue weighted by molar-refractivity contribution is 5.89. The van der Waals surface area contributed by atoms with Crippen LogP contribution >= 0.6 is 0 Å². The van der Waals surface area contributed by atoms with E-state index in [0.717, 1.165) is 0 Å². The number of carbonyl (C=O) groups is 2. The fraction of sp³-hybridized carbons (Fsp3) is 0.154. The van der Waals surface area contributed by atoms with Crippen molar-refractivity contribution in [1.29, 1.82) is 0 Å². The summed E-state index contributed by atoms with van der Waals surface area (Å²) in [5, 5.41) is 18.3. The van der Waals surface area contributed by atoms with Gasteiger partial charge in [0, 0.05) is 6.20 Å². The second-order valence-electron chi connectivity index (χ2n) is 4.00. The van der Waals surface area contributed by atoms with Gasteiger partial charge in [-0.1, -0.05) is 24.3 Å². The molecule has 0 bridgehead atoms. The molecule has 0 saturated heterocycles. The van der Waals surface area contributed by atoms with E-state index in [-0.39, 0.29) is 17.7 Å². The zero-order chi connectivity index (χ0) is 13.2. The molecule has 1 atom stereocenters. The van der Waals surface area contributed by atoms with E-state index in [2.05, 4.69) is 4.98 Å². The van der Waals surface area contributed by atoms with Gasteiger partial charge in [0.1, 0.15) is 5.41 Å². The number of pyridine rings is 1. The third-order valence-electron chi connectivity index (χ3n) is 2.91. The number of hydrogen-bond acceptors (Lipinski definition) is 3. The Balaban J connectivity index is 2.53. The molecule has 5 heteroatoms. The summed E-state index contributed by atoms with van der Waals surface area (Å²) in [6.45, 7) is 0. The van der Waals surface area contributed by atoms with E-state index in [1.165, 1.54) is 24.4 Å². The number of allylic oxidation sites excluding steroid dienone is 3. The molecule has 1 aliphatic carbocycles. The van der Waals surface area contributed by atoms with Crippen LogP contribution in [0, 0.1) is 0 Å². The van der Waals surface area contributed by atoms with Crippen LogP contribution in [0.15, 0.2) is 42.6 Å². The zero-order valence-electron chi connectivity index (χ0n) is 9.41. The molecule has 1 aromatic heterocycles. The Morgan fingerprint density at radius 3 is 2.61 bits per heavy atom. The van der Waals surface area contributed by atoms with Crippen molar-refractivity contribution in [3.05, 3.63) is 53.9 Å². The molecule has 0 amide bonds. The second-order valence-corrected chi connectivity index (χ2v) is 4.00. The normalized spacial score (nSPS) is 21.8. The molecule has 1 heterocycles. The van der Waals surface area contributed by atoms with Crippen LogP contribution < -0.4 is 0 Å². The summed E-state index contributed by atoms with van der Waals surface area (Å²) >= 11 is 0. The van der Waals surface area contributed by atoms with Crippen molar-refractivity contribution < 1.29 is 19.8 Å². The van der Waals surface area contributed by atoms with Crippen LogP contribution in [0.3, 0.4) is 0 Å². The van der Waals surface area contributed by atoms with Gasteiger partial charge in [-0.2, -0.15) is 0 Å². The molecule has 0 saturated carbocycles. The van der Waals surface area contributed by atoms with E-state index in [9.17, 15) is 14.7 Å². The van der Waals surface area contributed by atoms with Gasteiger partial charge in [-0.3, -0.25) is 9.78 Å². The van der Waals surface area contributed by atoms with Gasteiger partial charge in [-0.25, -0.2) is 4.79 Å². The van der Waals surface area contributed by atoms with Crippen molar-refractivity contribution >= 4 is 11.9 Å². The summed E-state index contributed by atoms with van der Waals surface area (Å²) in [5.41, 5.74) is -1.01. The van der Waals surface area contributed by atoms with Gasteiger partial charge in [0.25, 0.3) is 0 Å². The first-order chi connectivity index (χ1) is 8.56. The number of aliphatic carboxylic acids is 1. The van der Waals surface area contributed by atoms with Gasteiger partial charge < -0.3 is 10.2 Å². The Labute approximate surface area is 103 Å². The lowest BCUT2D eigenvalue weighted by Crippen LogP contribution is -2.35. The molecule has 0 radical (unpaired) electrons. The highest BCUT2D eigenvalue weighted by atomic mass is 16.4. The molecule has 1 aliphatic rings. The van der Waals surface area contributed by atoms with Crippen LogP contribution in [0.25, 0.3) is 0 Å². The van der Waals surface area contributed by atoms with E-state index >= 15 is 0 Å². The summed E-state index contributed by atoms with van der Waals surface area (Å²) in [5.74, 6) is -2.15. The lowest BCUT2D eigenvalue weighted by Gasteiger charge is -2.25. The van der Waals surface area contributed by atoms with Gasteiger partial charge in [0.2, 0.25) is 0 Å². The van der Waals surface area contributed by atoms with Gasteiger partial charge in [0.15, 0.2) is 0 Å². The largest absolute Gasteiger partial charge is 0.480 e. The van der Waals surface area contributed by atoms with Gasteiger partial charge in [0.05, 0.1) is 11.3 Å². The third kappa shape index (κ3) is 1.90. The summed E-state index contributed by atoms with van der Waals surface area (Å²) in [6.07, 6.45) is 8.21. The monoisotopic (exact) mass is 245 g/mol. The average molecular weight is 245 g/mol. The Bertz CT molecular complexity index is 562. The molecule has 0 fully saturated rings. The highest BCUT2D eigenvalue weighted by Crippen LogP contribution is 2.32. The molecule has 2 N–H and O–H groups in total. The SMILES string of the molecule is O=C(O)c1ccnc(C2(C(=O)O)C=CC=CC2)c1. The van der Waals surface area contributed by atoms with Crippen molar-refractivity contribution in [2.75, 3.05) is 0 Å². The predicted molar refractivity (Wildman–Crippen MR) is 63.4 cm³/mol. The van der Waals surface area contributed by atoms with Crippen molar-refractivity contribution in [2.45, 2.75) is 11.8 Å². The molecular formula is C13H11NO4. The summed E-state index contributed by atoms with van der Waals surface area (Å²) < 4.78 is 0. The topological polar surface area (TPSA) is 87.5 Å². The van der Waals surface area contributed by atoms with Crippen molar-refractivity contribution in [2.24, 2.45) is 0 Å². The van der Waals surface area contributed by atoms with Crippen molar-refractivity contribution in [1.82, 2.24) is 4.98 Å². The molecule has 0 aliphatic heterocycles. The number of hydrogen-bond donors (Lipinski definition) is 2. The van der Waals surface area contributed by atoms with E-state index in [0.29, 0.717) is 0 Å². The lowest BCUT2D eigenvalue weighted by molar-refractivity contribution is -0.142. The molecular weight excluding hydrogens is 234 g/mol. The first-order valence-electron chi connectivity index (χ1n) is 5.34. The summed E-state index contributed by atoms with van der Waals surface area (Å²) in [7, 11) is 0. The van der Waals surface area contributed by atoms with E-state index < -0.39 is 17.4 Å². The minimum Gasteiger partial charge on any atom is -0.480 e. The fourth-order valence-electron chi connectivity index (χ4n) is 1.89. The maximum atomic E-state index is 11.5. The Kier molecular flexibility index (Phi) is 2.97. The minimum atomic E-state index is -1.28. The standard InChI is InChI=1S/C13H11NO4/c15-11(16)9-4-7-14-10(8-9)13(12(17)18)5-2-1-3-6-13/h1-5,7-8H,6H2,(H,15,16)(H,17,18). The Hall–Kier alpha value is -2.43. The number of carboxylic acid groups (broad SMARTS) is 2. The van der Waals surface area contributed by atoms with Crippen LogP contribution in [0.5, 0.6) is 0 Å². The number of aromatic nitrogens is 1. The van der Waals surface area contributed by atoms with E-state index in [4.69, 9.17) is 5.11 Å². The highest BCUT2D eigenvalue weighted by Gasteiger charge is 2.39. The molecule has 0 aromatic carbocycles. The molecule has 1 unspecified atom stereocenters. The van der Waals surface area contributed by atoms with Crippen LogP contribution in [0.1, 0.15) is 22.5 Å². The maximum Gasteiger partial charge on any atom is 0.335 e. The average Bonchev–Trinajstić information content (AvgIpc) is 2.39. The van der Waals surface area contributed by atoms with E-state index in [1.807, 2.05) is 0 Å².